The Kier molecular flexibility index (Phi) is 6.73. The summed E-state index contributed by atoms with van der Waals surface area (Å²) in [4.78, 5) is 25.7. The lowest BCUT2D eigenvalue weighted by Gasteiger charge is -2.18. The number of halogens is 3. The van der Waals surface area contributed by atoms with Gasteiger partial charge in [0.05, 0.1) is 4.88 Å². The number of rotatable bonds is 7. The van der Waals surface area contributed by atoms with Crippen LogP contribution in [0.1, 0.15) is 15.2 Å². The molecule has 0 saturated carbocycles. The quantitative estimate of drug-likeness (QED) is 0.570. The Morgan fingerprint density at radius 1 is 0.967 bits per heavy atom. The van der Waals surface area contributed by atoms with E-state index >= 15 is 0 Å². The lowest BCUT2D eigenvalue weighted by Crippen LogP contribution is -2.45. The van der Waals surface area contributed by atoms with Gasteiger partial charge in [-0.1, -0.05) is 36.4 Å². The third-order valence-corrected chi connectivity index (χ3v) is 4.87. The van der Waals surface area contributed by atoms with Crippen LogP contribution in [0.3, 0.4) is 0 Å². The van der Waals surface area contributed by atoms with E-state index in [9.17, 15) is 22.8 Å². The van der Waals surface area contributed by atoms with Gasteiger partial charge in [-0.2, -0.15) is 0 Å². The predicted octanol–water partition coefficient (Wildman–Crippen LogP) is 4.63. The van der Waals surface area contributed by atoms with Gasteiger partial charge in [0.15, 0.2) is 0 Å². The van der Waals surface area contributed by atoms with E-state index in [0.717, 1.165) is 17.7 Å². The summed E-state index contributed by atoms with van der Waals surface area (Å²) in [6.45, 7) is 0. The zero-order valence-corrected chi connectivity index (χ0v) is 16.3. The molecule has 5 nitrogen and oxygen atoms in total. The Morgan fingerprint density at radius 2 is 1.67 bits per heavy atom. The van der Waals surface area contributed by atoms with Crippen molar-refractivity contribution in [2.24, 2.45) is 0 Å². The maximum absolute atomic E-state index is 12.8. The van der Waals surface area contributed by atoms with Gasteiger partial charge in [0.25, 0.3) is 5.91 Å². The van der Waals surface area contributed by atoms with E-state index in [2.05, 4.69) is 15.4 Å². The summed E-state index contributed by atoms with van der Waals surface area (Å²) < 4.78 is 40.6. The van der Waals surface area contributed by atoms with Crippen LogP contribution < -0.4 is 15.4 Å². The van der Waals surface area contributed by atoms with Crippen LogP contribution >= 0.6 is 11.3 Å². The highest BCUT2D eigenvalue weighted by Gasteiger charge is 2.31. The second-order valence-corrected chi connectivity index (χ2v) is 7.20. The first-order valence-electron chi connectivity index (χ1n) is 8.85. The van der Waals surface area contributed by atoms with E-state index in [1.165, 1.54) is 23.5 Å². The van der Waals surface area contributed by atoms with E-state index < -0.39 is 24.1 Å². The molecule has 0 aliphatic carbocycles. The molecule has 0 aliphatic heterocycles. The summed E-state index contributed by atoms with van der Waals surface area (Å²) >= 11 is 1.25. The molecule has 9 heteroatoms. The molecule has 3 rings (SSSR count). The van der Waals surface area contributed by atoms with Crippen LogP contribution in [-0.2, 0) is 11.2 Å². The van der Waals surface area contributed by atoms with E-state index in [0.29, 0.717) is 4.88 Å². The number of hydrogen-bond acceptors (Lipinski definition) is 4. The molecule has 2 aromatic carbocycles. The number of carbonyl (C=O) groups is 2. The molecule has 0 radical (unpaired) electrons. The van der Waals surface area contributed by atoms with Crippen molar-refractivity contribution in [1.82, 2.24) is 5.32 Å². The topological polar surface area (TPSA) is 67.4 Å². The second kappa shape index (κ2) is 9.45. The van der Waals surface area contributed by atoms with Crippen molar-refractivity contribution in [3.63, 3.8) is 0 Å². The molecule has 1 aromatic heterocycles. The number of nitrogens with one attached hydrogen (secondary N) is 2. The van der Waals surface area contributed by atoms with Crippen LogP contribution in [0.5, 0.6) is 5.75 Å². The minimum absolute atomic E-state index is 0.249. The zero-order valence-electron chi connectivity index (χ0n) is 15.5. The first kappa shape index (κ1) is 21.4. The fourth-order valence-corrected chi connectivity index (χ4v) is 3.29. The number of alkyl halides is 3. The van der Waals surface area contributed by atoms with Crippen LogP contribution in [0.15, 0.2) is 72.1 Å². The van der Waals surface area contributed by atoms with Crippen molar-refractivity contribution in [1.29, 1.82) is 0 Å². The van der Waals surface area contributed by atoms with Crippen molar-refractivity contribution < 1.29 is 27.5 Å². The largest absolute Gasteiger partial charge is 0.573 e. The number of ether oxygens (including phenoxy) is 1. The maximum atomic E-state index is 12.8. The Bertz CT molecular complexity index is 975. The van der Waals surface area contributed by atoms with E-state index in [1.807, 2.05) is 30.3 Å². The molecule has 2 amide bonds. The van der Waals surface area contributed by atoms with Gasteiger partial charge in [0.1, 0.15) is 11.8 Å². The second-order valence-electron chi connectivity index (χ2n) is 6.25. The summed E-state index contributed by atoms with van der Waals surface area (Å²) in [6, 6.07) is 16.4. The van der Waals surface area contributed by atoms with Crippen molar-refractivity contribution >= 4 is 28.8 Å². The van der Waals surface area contributed by atoms with Crippen LogP contribution in [0, 0.1) is 0 Å². The molecule has 0 saturated heterocycles. The Morgan fingerprint density at radius 3 is 2.27 bits per heavy atom. The molecule has 0 aliphatic rings. The lowest BCUT2D eigenvalue weighted by atomic mass is 10.0. The fourth-order valence-electron chi connectivity index (χ4n) is 2.67. The number of benzene rings is 2. The van der Waals surface area contributed by atoms with Gasteiger partial charge in [-0.25, -0.2) is 0 Å². The van der Waals surface area contributed by atoms with Gasteiger partial charge in [-0.05, 0) is 41.3 Å². The monoisotopic (exact) mass is 434 g/mol. The highest BCUT2D eigenvalue weighted by molar-refractivity contribution is 7.12. The van der Waals surface area contributed by atoms with Crippen molar-refractivity contribution in [2.45, 2.75) is 18.8 Å². The molecule has 2 N–H and O–H groups in total. The van der Waals surface area contributed by atoms with Gasteiger partial charge >= 0.3 is 6.36 Å². The van der Waals surface area contributed by atoms with Crippen LogP contribution in [0.2, 0.25) is 0 Å². The third-order valence-electron chi connectivity index (χ3n) is 4.00. The van der Waals surface area contributed by atoms with Crippen LogP contribution in [-0.4, -0.2) is 24.2 Å². The van der Waals surface area contributed by atoms with Crippen molar-refractivity contribution in [3.8, 4) is 5.75 Å². The van der Waals surface area contributed by atoms with Gasteiger partial charge in [-0.15, -0.1) is 24.5 Å². The van der Waals surface area contributed by atoms with Crippen molar-refractivity contribution in [3.05, 3.63) is 82.6 Å². The van der Waals surface area contributed by atoms with Gasteiger partial charge in [0.2, 0.25) is 5.91 Å². The predicted molar refractivity (Wildman–Crippen MR) is 107 cm³/mol. The van der Waals surface area contributed by atoms with Gasteiger partial charge in [0, 0.05) is 12.1 Å². The van der Waals surface area contributed by atoms with E-state index in [4.69, 9.17) is 0 Å². The molecule has 0 bridgehead atoms. The number of carbonyl (C=O) groups excluding carboxylic acids is 2. The van der Waals surface area contributed by atoms with E-state index in [-0.39, 0.29) is 18.0 Å². The zero-order chi connectivity index (χ0) is 21.6. The van der Waals surface area contributed by atoms with Gasteiger partial charge in [-0.3, -0.25) is 9.59 Å². The van der Waals surface area contributed by atoms with E-state index in [1.54, 1.807) is 17.5 Å². The average molecular weight is 434 g/mol. The number of anilines is 1. The molecule has 30 heavy (non-hydrogen) atoms. The Balaban J connectivity index is 1.71. The molecule has 0 spiro atoms. The summed E-state index contributed by atoms with van der Waals surface area (Å²) in [6.07, 6.45) is -4.54. The molecule has 0 fully saturated rings. The smallest absolute Gasteiger partial charge is 0.406 e. The molecule has 3 aromatic rings. The Hall–Kier alpha value is -3.33. The van der Waals surface area contributed by atoms with Crippen LogP contribution in [0.25, 0.3) is 0 Å². The lowest BCUT2D eigenvalue weighted by molar-refractivity contribution is -0.274. The SMILES string of the molecule is O=C(NC(Cc1ccccc1)C(=O)Nc1ccc(OC(F)(F)F)cc1)c1cccs1. The van der Waals surface area contributed by atoms with Crippen LogP contribution in [0.4, 0.5) is 18.9 Å². The minimum Gasteiger partial charge on any atom is -0.406 e. The molecular weight excluding hydrogens is 417 g/mol. The molecule has 1 atom stereocenters. The maximum Gasteiger partial charge on any atom is 0.573 e. The first-order chi connectivity index (χ1) is 14.3. The summed E-state index contributed by atoms with van der Waals surface area (Å²) in [7, 11) is 0. The summed E-state index contributed by atoms with van der Waals surface area (Å²) in [5.41, 5.74) is 1.12. The molecule has 156 valence electrons. The molecule has 1 unspecified atom stereocenters. The first-order valence-corrected chi connectivity index (χ1v) is 9.73. The Labute approximate surface area is 174 Å². The molecular formula is C21H17F3N2O3S. The normalized spacial score (nSPS) is 12.1. The summed E-state index contributed by atoms with van der Waals surface area (Å²) in [5, 5.41) is 7.09. The molecule has 1 heterocycles. The third kappa shape index (κ3) is 6.35. The number of thiophene rings is 1. The number of hydrogen-bond donors (Lipinski definition) is 2. The standard InChI is InChI=1S/C21H17F3N2O3S/c22-21(23,24)29-16-10-8-15(9-11-16)25-19(27)17(13-14-5-2-1-3-6-14)26-20(28)18-7-4-12-30-18/h1-12,17H,13H2,(H,25,27)(H,26,28). The highest BCUT2D eigenvalue weighted by atomic mass is 32.1. The average Bonchev–Trinajstić information content (AvgIpc) is 3.23. The van der Waals surface area contributed by atoms with Gasteiger partial charge < -0.3 is 15.4 Å². The number of amides is 2. The van der Waals surface area contributed by atoms with Crippen molar-refractivity contribution in [2.75, 3.05) is 5.32 Å². The highest BCUT2D eigenvalue weighted by Crippen LogP contribution is 2.24. The fraction of sp³-hybridized carbons (Fsp3) is 0.143. The summed E-state index contributed by atoms with van der Waals surface area (Å²) in [5.74, 6) is -1.27. The minimum atomic E-state index is -4.79.